The summed E-state index contributed by atoms with van der Waals surface area (Å²) in [4.78, 5) is 30.0. The molecular formula is C16H18N2O3. The number of amides is 1. The number of rotatable bonds is 2. The number of aromatic nitrogens is 1. The maximum atomic E-state index is 12.3. The maximum absolute atomic E-state index is 12.3. The Hall–Kier alpha value is -2.01. The molecule has 1 atom stereocenters. The van der Waals surface area contributed by atoms with Gasteiger partial charge < -0.3 is 9.64 Å². The van der Waals surface area contributed by atoms with Crippen LogP contribution in [0.4, 0.5) is 0 Å². The number of nitrogens with zero attached hydrogens (tertiary/aromatic N) is 2. The zero-order chi connectivity index (χ0) is 14.7. The summed E-state index contributed by atoms with van der Waals surface area (Å²) in [6, 6.07) is 3.69. The molecular weight excluding hydrogens is 268 g/mol. The third-order valence-corrected chi connectivity index (χ3v) is 4.15. The van der Waals surface area contributed by atoms with Crippen molar-refractivity contribution in [1.29, 1.82) is 0 Å². The van der Waals surface area contributed by atoms with E-state index in [4.69, 9.17) is 4.74 Å². The number of carbonyl (C=O) groups excluding carboxylic acids is 2. The number of pyridine rings is 1. The van der Waals surface area contributed by atoms with Gasteiger partial charge in [-0.2, -0.15) is 0 Å². The first-order chi connectivity index (χ1) is 10.2. The van der Waals surface area contributed by atoms with Gasteiger partial charge in [0.25, 0.3) is 0 Å². The molecule has 2 aliphatic heterocycles. The summed E-state index contributed by atoms with van der Waals surface area (Å²) in [6.07, 6.45) is 8.92. The van der Waals surface area contributed by atoms with Crippen LogP contribution in [0.5, 0.6) is 0 Å². The summed E-state index contributed by atoms with van der Waals surface area (Å²) < 4.78 is 5.64. The molecule has 3 heterocycles. The maximum Gasteiger partial charge on any atom is 0.246 e. The molecule has 1 aromatic heterocycles. The van der Waals surface area contributed by atoms with Gasteiger partial charge in [-0.15, -0.1) is 0 Å². The number of carbonyl (C=O) groups is 2. The molecule has 1 spiro atoms. The Morgan fingerprint density at radius 1 is 1.43 bits per heavy atom. The van der Waals surface area contributed by atoms with E-state index in [-0.39, 0.29) is 18.2 Å². The third kappa shape index (κ3) is 2.88. The van der Waals surface area contributed by atoms with Gasteiger partial charge in [0, 0.05) is 38.0 Å². The summed E-state index contributed by atoms with van der Waals surface area (Å²) in [5.74, 6) is -0.102. The molecule has 5 nitrogen and oxygen atoms in total. The van der Waals surface area contributed by atoms with E-state index < -0.39 is 5.60 Å². The molecule has 0 radical (unpaired) electrons. The first-order valence-corrected chi connectivity index (χ1v) is 7.24. The van der Waals surface area contributed by atoms with Crippen LogP contribution in [0.3, 0.4) is 0 Å². The Morgan fingerprint density at radius 3 is 3.00 bits per heavy atom. The SMILES string of the molecule is O=C(/C=C/c1cccnc1)N1CCC2(CCCO2)C(=O)C1. The van der Waals surface area contributed by atoms with Crippen molar-refractivity contribution in [2.45, 2.75) is 24.9 Å². The molecule has 0 aliphatic carbocycles. The van der Waals surface area contributed by atoms with Crippen LogP contribution in [0.1, 0.15) is 24.8 Å². The normalized spacial score (nSPS) is 25.9. The van der Waals surface area contributed by atoms with E-state index in [9.17, 15) is 9.59 Å². The molecule has 21 heavy (non-hydrogen) atoms. The summed E-state index contributed by atoms with van der Waals surface area (Å²) in [5, 5.41) is 0. The van der Waals surface area contributed by atoms with Crippen LogP contribution in [0.25, 0.3) is 6.08 Å². The number of ketones is 1. The fraction of sp³-hybridized carbons (Fsp3) is 0.438. The molecule has 3 rings (SSSR count). The molecule has 0 saturated carbocycles. The number of likely N-dealkylation sites (tertiary alicyclic amines) is 1. The van der Waals surface area contributed by atoms with Gasteiger partial charge in [0.15, 0.2) is 5.78 Å². The van der Waals surface area contributed by atoms with Crippen molar-refractivity contribution >= 4 is 17.8 Å². The highest BCUT2D eigenvalue weighted by Crippen LogP contribution is 2.33. The van der Waals surface area contributed by atoms with Gasteiger partial charge in [0.2, 0.25) is 5.91 Å². The number of piperidine rings is 1. The molecule has 0 bridgehead atoms. The average molecular weight is 286 g/mol. The minimum absolute atomic E-state index is 0.0365. The topological polar surface area (TPSA) is 59.5 Å². The van der Waals surface area contributed by atoms with Gasteiger partial charge in [-0.25, -0.2) is 0 Å². The fourth-order valence-electron chi connectivity index (χ4n) is 2.90. The van der Waals surface area contributed by atoms with Crippen molar-refractivity contribution in [2.24, 2.45) is 0 Å². The van der Waals surface area contributed by atoms with Crippen molar-refractivity contribution in [2.75, 3.05) is 19.7 Å². The zero-order valence-corrected chi connectivity index (χ0v) is 11.8. The van der Waals surface area contributed by atoms with E-state index in [1.165, 1.54) is 6.08 Å². The predicted molar refractivity (Wildman–Crippen MR) is 77.4 cm³/mol. The molecule has 2 fully saturated rings. The molecule has 0 N–H and O–H groups in total. The quantitative estimate of drug-likeness (QED) is 0.772. The van der Waals surface area contributed by atoms with Crippen LogP contribution in [0.2, 0.25) is 0 Å². The van der Waals surface area contributed by atoms with Crippen molar-refractivity contribution in [3.05, 3.63) is 36.2 Å². The highest BCUT2D eigenvalue weighted by molar-refractivity contribution is 5.98. The summed E-state index contributed by atoms with van der Waals surface area (Å²) in [7, 11) is 0. The molecule has 5 heteroatoms. The van der Waals surface area contributed by atoms with Crippen LogP contribution in [-0.2, 0) is 14.3 Å². The zero-order valence-electron chi connectivity index (χ0n) is 11.8. The number of hydrogen-bond donors (Lipinski definition) is 0. The first kappa shape index (κ1) is 13.9. The molecule has 0 aromatic carbocycles. The van der Waals surface area contributed by atoms with Crippen LogP contribution in [0, 0.1) is 0 Å². The summed E-state index contributed by atoms with van der Waals surface area (Å²) >= 11 is 0. The monoisotopic (exact) mass is 286 g/mol. The lowest BCUT2D eigenvalue weighted by molar-refractivity contribution is -0.151. The van der Waals surface area contributed by atoms with E-state index in [1.54, 1.807) is 23.4 Å². The van der Waals surface area contributed by atoms with Gasteiger partial charge in [-0.1, -0.05) is 6.07 Å². The Balaban J connectivity index is 1.62. The van der Waals surface area contributed by atoms with Crippen molar-refractivity contribution in [3.63, 3.8) is 0 Å². The summed E-state index contributed by atoms with van der Waals surface area (Å²) in [5.41, 5.74) is 0.258. The van der Waals surface area contributed by atoms with E-state index >= 15 is 0 Å². The second-order valence-electron chi connectivity index (χ2n) is 5.50. The minimum atomic E-state index is -0.607. The van der Waals surface area contributed by atoms with Crippen LogP contribution < -0.4 is 0 Å². The largest absolute Gasteiger partial charge is 0.367 e. The van der Waals surface area contributed by atoms with E-state index in [0.717, 1.165) is 18.4 Å². The second kappa shape index (κ2) is 5.77. The van der Waals surface area contributed by atoms with Crippen LogP contribution in [-0.4, -0.2) is 46.9 Å². The first-order valence-electron chi connectivity index (χ1n) is 7.24. The van der Waals surface area contributed by atoms with Gasteiger partial charge in [0.1, 0.15) is 5.60 Å². The van der Waals surface area contributed by atoms with Crippen molar-refractivity contribution in [3.8, 4) is 0 Å². The Kier molecular flexibility index (Phi) is 3.84. The lowest BCUT2D eigenvalue weighted by atomic mass is 9.87. The van der Waals surface area contributed by atoms with E-state index in [0.29, 0.717) is 19.6 Å². The average Bonchev–Trinajstić information content (AvgIpc) is 2.99. The van der Waals surface area contributed by atoms with Gasteiger partial charge in [0.05, 0.1) is 6.54 Å². The Bertz CT molecular complexity index is 562. The molecule has 110 valence electrons. The highest BCUT2D eigenvalue weighted by atomic mass is 16.5. The van der Waals surface area contributed by atoms with Crippen molar-refractivity contribution in [1.82, 2.24) is 9.88 Å². The number of ether oxygens (including phenoxy) is 1. The lowest BCUT2D eigenvalue weighted by Gasteiger charge is -2.36. The van der Waals surface area contributed by atoms with E-state index in [1.807, 2.05) is 12.1 Å². The Labute approximate surface area is 123 Å². The van der Waals surface area contributed by atoms with Gasteiger partial charge >= 0.3 is 0 Å². The number of hydrogen-bond acceptors (Lipinski definition) is 4. The standard InChI is InChI=1S/C16H18N2O3/c19-14-12-18(9-7-16(14)6-2-10-21-16)15(20)5-4-13-3-1-8-17-11-13/h1,3-5,8,11H,2,6-7,9-10,12H2/b5-4+. The third-order valence-electron chi connectivity index (χ3n) is 4.15. The van der Waals surface area contributed by atoms with Crippen LogP contribution in [0.15, 0.2) is 30.6 Å². The molecule has 2 aliphatic rings. The summed E-state index contributed by atoms with van der Waals surface area (Å²) in [6.45, 7) is 1.37. The fourth-order valence-corrected chi connectivity index (χ4v) is 2.90. The van der Waals surface area contributed by atoms with Crippen molar-refractivity contribution < 1.29 is 14.3 Å². The molecule has 1 aromatic rings. The molecule has 1 amide bonds. The van der Waals surface area contributed by atoms with Crippen LogP contribution >= 0.6 is 0 Å². The highest BCUT2D eigenvalue weighted by Gasteiger charge is 2.46. The Morgan fingerprint density at radius 2 is 2.33 bits per heavy atom. The molecule has 1 unspecified atom stereocenters. The molecule has 2 saturated heterocycles. The van der Waals surface area contributed by atoms with Gasteiger partial charge in [-0.05, 0) is 30.5 Å². The second-order valence-corrected chi connectivity index (χ2v) is 5.50. The van der Waals surface area contributed by atoms with Gasteiger partial charge in [-0.3, -0.25) is 14.6 Å². The number of Topliss-reactive ketones (excluding diaryl/α,β-unsaturated/α-hetero) is 1. The predicted octanol–water partition coefficient (Wildman–Crippen LogP) is 1.45. The lowest BCUT2D eigenvalue weighted by Crippen LogP contribution is -2.53. The van der Waals surface area contributed by atoms with E-state index in [2.05, 4.69) is 4.98 Å². The smallest absolute Gasteiger partial charge is 0.246 e. The minimum Gasteiger partial charge on any atom is -0.367 e.